The zero-order valence-corrected chi connectivity index (χ0v) is 8.78. The van der Waals surface area contributed by atoms with Crippen LogP contribution in [-0.4, -0.2) is 31.1 Å². The first kappa shape index (κ1) is 9.93. The van der Waals surface area contributed by atoms with Crippen molar-refractivity contribution >= 4 is 5.97 Å². The van der Waals surface area contributed by atoms with E-state index in [9.17, 15) is 4.79 Å². The van der Waals surface area contributed by atoms with E-state index < -0.39 is 5.79 Å². The molecular formula is C10H16O4. The van der Waals surface area contributed by atoms with E-state index in [0.29, 0.717) is 0 Å². The molecule has 0 radical (unpaired) electrons. The summed E-state index contributed by atoms with van der Waals surface area (Å²) in [6.45, 7) is 3.80. The Morgan fingerprint density at radius 3 is 2.21 bits per heavy atom. The lowest BCUT2D eigenvalue weighted by Crippen LogP contribution is -2.24. The number of carbonyl (C=O) groups excluding carboxylic acids is 1. The number of hydrogen-bond donors (Lipinski definition) is 0. The molecule has 1 saturated carbocycles. The smallest absolute Gasteiger partial charge is 0.308 e. The van der Waals surface area contributed by atoms with Gasteiger partial charge >= 0.3 is 5.97 Å². The fourth-order valence-electron chi connectivity index (χ4n) is 2.32. The Bertz CT molecular complexity index is 233. The summed E-state index contributed by atoms with van der Waals surface area (Å²) in [5.41, 5.74) is 0. The summed E-state index contributed by atoms with van der Waals surface area (Å²) in [5, 5.41) is 0. The second-order valence-electron chi connectivity index (χ2n) is 4.40. The molecule has 2 rings (SSSR count). The Kier molecular flexibility index (Phi) is 2.27. The maximum atomic E-state index is 11.3. The number of hydrogen-bond acceptors (Lipinski definition) is 4. The van der Waals surface area contributed by atoms with Gasteiger partial charge in [0, 0.05) is 0 Å². The van der Waals surface area contributed by atoms with Gasteiger partial charge in [-0.25, -0.2) is 0 Å². The molecule has 0 aromatic carbocycles. The van der Waals surface area contributed by atoms with Crippen molar-refractivity contribution < 1.29 is 19.0 Å². The minimum atomic E-state index is -0.490. The van der Waals surface area contributed by atoms with E-state index in [2.05, 4.69) is 0 Å². The van der Waals surface area contributed by atoms with Gasteiger partial charge in [-0.2, -0.15) is 0 Å². The van der Waals surface area contributed by atoms with Crippen molar-refractivity contribution in [3.8, 4) is 0 Å². The van der Waals surface area contributed by atoms with E-state index in [1.807, 2.05) is 13.8 Å². The van der Waals surface area contributed by atoms with Crippen LogP contribution >= 0.6 is 0 Å². The lowest BCUT2D eigenvalue weighted by Gasteiger charge is -2.19. The molecule has 80 valence electrons. The summed E-state index contributed by atoms with van der Waals surface area (Å²) in [6, 6.07) is 0. The highest BCUT2D eigenvalue weighted by Gasteiger charge is 2.49. The van der Waals surface area contributed by atoms with Gasteiger partial charge in [0.05, 0.1) is 25.2 Å². The molecular weight excluding hydrogens is 184 g/mol. The van der Waals surface area contributed by atoms with Gasteiger partial charge in [0.2, 0.25) is 0 Å². The predicted octanol–water partition coefficient (Wildman–Crippen LogP) is 1.09. The third-order valence-corrected chi connectivity index (χ3v) is 2.85. The molecule has 14 heavy (non-hydrogen) atoms. The van der Waals surface area contributed by atoms with Crippen molar-refractivity contribution in [3.05, 3.63) is 0 Å². The maximum Gasteiger partial charge on any atom is 0.308 e. The van der Waals surface area contributed by atoms with Gasteiger partial charge in [-0.3, -0.25) is 4.79 Å². The quantitative estimate of drug-likeness (QED) is 0.594. The lowest BCUT2D eigenvalue weighted by molar-refractivity contribution is -0.162. The first-order valence-corrected chi connectivity index (χ1v) is 4.95. The van der Waals surface area contributed by atoms with E-state index in [0.717, 1.165) is 12.8 Å². The number of ether oxygens (including phenoxy) is 3. The van der Waals surface area contributed by atoms with Crippen LogP contribution in [-0.2, 0) is 19.0 Å². The zero-order chi connectivity index (χ0) is 10.3. The van der Waals surface area contributed by atoms with Crippen LogP contribution in [0.2, 0.25) is 0 Å². The van der Waals surface area contributed by atoms with Crippen LogP contribution in [0.4, 0.5) is 0 Å². The molecule has 0 bridgehead atoms. The Morgan fingerprint density at radius 2 is 1.79 bits per heavy atom. The molecule has 1 aliphatic carbocycles. The Balaban J connectivity index is 1.97. The fraction of sp³-hybridized carbons (Fsp3) is 0.900. The van der Waals surface area contributed by atoms with Crippen molar-refractivity contribution in [2.75, 3.05) is 7.11 Å². The molecule has 2 fully saturated rings. The van der Waals surface area contributed by atoms with Crippen molar-refractivity contribution in [2.45, 2.75) is 44.7 Å². The first-order valence-electron chi connectivity index (χ1n) is 4.95. The fourth-order valence-corrected chi connectivity index (χ4v) is 2.32. The van der Waals surface area contributed by atoms with Crippen LogP contribution in [0.3, 0.4) is 0 Å². The highest BCUT2D eigenvalue weighted by Crippen LogP contribution is 2.41. The topological polar surface area (TPSA) is 44.8 Å². The van der Waals surface area contributed by atoms with E-state index in [1.165, 1.54) is 7.11 Å². The molecule has 0 spiro atoms. The molecule has 4 nitrogen and oxygen atoms in total. The number of esters is 1. The highest BCUT2D eigenvalue weighted by molar-refractivity contribution is 5.72. The van der Waals surface area contributed by atoms with Crippen molar-refractivity contribution in [3.63, 3.8) is 0 Å². The normalized spacial score (nSPS) is 39.5. The van der Waals surface area contributed by atoms with Gasteiger partial charge in [0.1, 0.15) is 0 Å². The van der Waals surface area contributed by atoms with Gasteiger partial charge in [-0.05, 0) is 26.7 Å². The van der Waals surface area contributed by atoms with Crippen LogP contribution in [0.15, 0.2) is 0 Å². The summed E-state index contributed by atoms with van der Waals surface area (Å²) in [4.78, 5) is 11.3. The molecule has 3 atom stereocenters. The minimum Gasteiger partial charge on any atom is -0.469 e. The Morgan fingerprint density at radius 1 is 1.29 bits per heavy atom. The largest absolute Gasteiger partial charge is 0.469 e. The van der Waals surface area contributed by atoms with Crippen LogP contribution in [0.5, 0.6) is 0 Å². The molecule has 1 saturated heterocycles. The van der Waals surface area contributed by atoms with Gasteiger partial charge < -0.3 is 14.2 Å². The second kappa shape index (κ2) is 3.21. The minimum absolute atomic E-state index is 0.0499. The van der Waals surface area contributed by atoms with Crippen LogP contribution in [0.1, 0.15) is 26.7 Å². The monoisotopic (exact) mass is 200 g/mol. The third-order valence-electron chi connectivity index (χ3n) is 2.85. The zero-order valence-electron chi connectivity index (χ0n) is 8.78. The standard InChI is InChI=1S/C10H16O4/c1-10(2)13-7-4-6(9(11)12-3)5-8(7)14-10/h6-8H,4-5H2,1-3H3/t6-,7+,8-. The molecule has 0 amide bonds. The molecule has 0 aromatic heterocycles. The van der Waals surface area contributed by atoms with Gasteiger partial charge in [0.25, 0.3) is 0 Å². The van der Waals surface area contributed by atoms with Crippen molar-refractivity contribution in [1.82, 2.24) is 0 Å². The number of fused-ring (bicyclic) bond motifs is 1. The van der Waals surface area contributed by atoms with E-state index in [4.69, 9.17) is 14.2 Å². The first-order chi connectivity index (χ1) is 6.52. The van der Waals surface area contributed by atoms with Crippen LogP contribution in [0, 0.1) is 5.92 Å². The summed E-state index contributed by atoms with van der Waals surface area (Å²) >= 11 is 0. The summed E-state index contributed by atoms with van der Waals surface area (Å²) in [6.07, 6.45) is 1.57. The average molecular weight is 200 g/mol. The molecule has 0 aromatic rings. The van der Waals surface area contributed by atoms with E-state index in [-0.39, 0.29) is 24.1 Å². The molecule has 1 aliphatic heterocycles. The van der Waals surface area contributed by atoms with Gasteiger partial charge in [-0.15, -0.1) is 0 Å². The molecule has 1 heterocycles. The second-order valence-corrected chi connectivity index (χ2v) is 4.40. The Hall–Kier alpha value is -0.610. The molecule has 4 heteroatoms. The summed E-state index contributed by atoms with van der Waals surface area (Å²) in [5.74, 6) is -0.688. The third kappa shape index (κ3) is 1.64. The van der Waals surface area contributed by atoms with Crippen LogP contribution in [0.25, 0.3) is 0 Å². The van der Waals surface area contributed by atoms with Gasteiger partial charge in [0.15, 0.2) is 5.79 Å². The SMILES string of the molecule is COC(=O)[C@@H]1C[C@@H]2OC(C)(C)O[C@@H]2C1. The predicted molar refractivity (Wildman–Crippen MR) is 48.6 cm³/mol. The van der Waals surface area contributed by atoms with Crippen molar-refractivity contribution in [1.29, 1.82) is 0 Å². The number of rotatable bonds is 1. The highest BCUT2D eigenvalue weighted by atomic mass is 16.8. The summed E-state index contributed by atoms with van der Waals surface area (Å²) in [7, 11) is 1.42. The molecule has 0 N–H and O–H groups in total. The molecule has 2 aliphatic rings. The van der Waals surface area contributed by atoms with E-state index in [1.54, 1.807) is 0 Å². The van der Waals surface area contributed by atoms with Gasteiger partial charge in [-0.1, -0.05) is 0 Å². The molecule has 0 unspecified atom stereocenters. The Labute approximate surface area is 83.5 Å². The average Bonchev–Trinajstić information content (AvgIpc) is 2.56. The van der Waals surface area contributed by atoms with Crippen molar-refractivity contribution in [2.24, 2.45) is 5.92 Å². The number of methoxy groups -OCH3 is 1. The maximum absolute atomic E-state index is 11.3. The van der Waals surface area contributed by atoms with Crippen LogP contribution < -0.4 is 0 Å². The summed E-state index contributed by atoms with van der Waals surface area (Å²) < 4.78 is 16.0. The number of carbonyl (C=O) groups is 1. The lowest BCUT2D eigenvalue weighted by atomic mass is 10.1. The van der Waals surface area contributed by atoms with E-state index >= 15 is 0 Å².